The summed E-state index contributed by atoms with van der Waals surface area (Å²) in [6.07, 6.45) is 3.33. The molecule has 0 bridgehead atoms. The molecule has 0 radical (unpaired) electrons. The zero-order valence-electron chi connectivity index (χ0n) is 10.4. The first kappa shape index (κ1) is 12.8. The van der Waals surface area contributed by atoms with Gasteiger partial charge in [0.1, 0.15) is 6.10 Å². The molecule has 0 aromatic rings. The van der Waals surface area contributed by atoms with Gasteiger partial charge < -0.3 is 20.1 Å². The number of likely N-dealkylation sites (N-methyl/N-ethyl adjacent to an activating group) is 1. The van der Waals surface area contributed by atoms with Crippen molar-refractivity contribution in [2.45, 2.75) is 43.9 Å². The summed E-state index contributed by atoms with van der Waals surface area (Å²) in [6, 6.07) is 0.303. The van der Waals surface area contributed by atoms with E-state index in [9.17, 15) is 4.79 Å². The standard InChI is InChI=1S/C12H22N2O3/c1-14(9-4-6-16-7-5-9)12(15)11-3-2-10(8-13)17-11/h9-11H,2-8,13H2,1H3. The van der Waals surface area contributed by atoms with E-state index in [1.54, 1.807) is 0 Å². The summed E-state index contributed by atoms with van der Waals surface area (Å²) < 4.78 is 10.9. The molecule has 2 N–H and O–H groups in total. The molecule has 5 nitrogen and oxygen atoms in total. The summed E-state index contributed by atoms with van der Waals surface area (Å²) in [5.41, 5.74) is 5.55. The Morgan fingerprint density at radius 2 is 2.00 bits per heavy atom. The molecule has 2 atom stereocenters. The van der Waals surface area contributed by atoms with Crippen molar-refractivity contribution in [2.75, 3.05) is 26.8 Å². The van der Waals surface area contributed by atoms with Crippen LogP contribution in [0, 0.1) is 0 Å². The van der Waals surface area contributed by atoms with Crippen molar-refractivity contribution in [1.29, 1.82) is 0 Å². The summed E-state index contributed by atoms with van der Waals surface area (Å²) in [5, 5.41) is 0. The van der Waals surface area contributed by atoms with E-state index >= 15 is 0 Å². The Labute approximate surface area is 102 Å². The van der Waals surface area contributed by atoms with Gasteiger partial charge in [-0.25, -0.2) is 0 Å². The van der Waals surface area contributed by atoms with Gasteiger partial charge in [0.2, 0.25) is 0 Å². The first-order chi connectivity index (χ1) is 8.22. The number of nitrogens with zero attached hydrogens (tertiary/aromatic N) is 1. The van der Waals surface area contributed by atoms with Crippen LogP contribution in [0.15, 0.2) is 0 Å². The lowest BCUT2D eigenvalue weighted by molar-refractivity contribution is -0.145. The van der Waals surface area contributed by atoms with Crippen LogP contribution in [0.5, 0.6) is 0 Å². The molecule has 2 rings (SSSR count). The SMILES string of the molecule is CN(C(=O)C1CCC(CN)O1)C1CCOCC1. The van der Waals surface area contributed by atoms with E-state index in [0.717, 1.165) is 38.9 Å². The molecule has 2 unspecified atom stereocenters. The van der Waals surface area contributed by atoms with Crippen molar-refractivity contribution >= 4 is 5.91 Å². The first-order valence-corrected chi connectivity index (χ1v) is 6.42. The smallest absolute Gasteiger partial charge is 0.251 e. The van der Waals surface area contributed by atoms with Gasteiger partial charge >= 0.3 is 0 Å². The van der Waals surface area contributed by atoms with Crippen molar-refractivity contribution in [3.63, 3.8) is 0 Å². The molecule has 98 valence electrons. The lowest BCUT2D eigenvalue weighted by Gasteiger charge is -2.32. The van der Waals surface area contributed by atoms with Gasteiger partial charge in [0.15, 0.2) is 0 Å². The van der Waals surface area contributed by atoms with E-state index < -0.39 is 0 Å². The molecular formula is C12H22N2O3. The zero-order valence-corrected chi connectivity index (χ0v) is 10.4. The van der Waals surface area contributed by atoms with Crippen LogP contribution in [0.4, 0.5) is 0 Å². The number of amides is 1. The Morgan fingerprint density at radius 3 is 2.59 bits per heavy atom. The van der Waals surface area contributed by atoms with Gasteiger partial charge in [-0.15, -0.1) is 0 Å². The third-order valence-electron chi connectivity index (χ3n) is 3.73. The summed E-state index contributed by atoms with van der Waals surface area (Å²) in [4.78, 5) is 14.1. The van der Waals surface area contributed by atoms with E-state index in [2.05, 4.69) is 0 Å². The fourth-order valence-corrected chi connectivity index (χ4v) is 2.54. The van der Waals surface area contributed by atoms with Gasteiger partial charge in [-0.2, -0.15) is 0 Å². The highest BCUT2D eigenvalue weighted by Gasteiger charge is 2.34. The largest absolute Gasteiger partial charge is 0.381 e. The van der Waals surface area contributed by atoms with Gasteiger partial charge in [0, 0.05) is 32.8 Å². The third-order valence-corrected chi connectivity index (χ3v) is 3.73. The summed E-state index contributed by atoms with van der Waals surface area (Å²) in [5.74, 6) is 0.104. The molecule has 0 spiro atoms. The first-order valence-electron chi connectivity index (χ1n) is 6.42. The second-order valence-corrected chi connectivity index (χ2v) is 4.85. The van der Waals surface area contributed by atoms with E-state index in [1.165, 1.54) is 0 Å². The van der Waals surface area contributed by atoms with Crippen LogP contribution >= 0.6 is 0 Å². The maximum Gasteiger partial charge on any atom is 0.251 e. The number of hydrogen-bond acceptors (Lipinski definition) is 4. The molecule has 2 fully saturated rings. The van der Waals surface area contributed by atoms with Crippen LogP contribution in [0.3, 0.4) is 0 Å². The molecule has 5 heteroatoms. The number of nitrogens with two attached hydrogens (primary N) is 1. The predicted octanol–water partition coefficient (Wildman–Crippen LogP) is 0.130. The average Bonchev–Trinajstić information content (AvgIpc) is 2.87. The molecular weight excluding hydrogens is 220 g/mol. The van der Waals surface area contributed by atoms with Crippen LogP contribution < -0.4 is 5.73 Å². The number of carbonyl (C=O) groups excluding carboxylic acids is 1. The van der Waals surface area contributed by atoms with E-state index in [-0.39, 0.29) is 18.1 Å². The molecule has 0 saturated carbocycles. The minimum atomic E-state index is -0.281. The lowest BCUT2D eigenvalue weighted by atomic mass is 10.1. The van der Waals surface area contributed by atoms with Crippen LogP contribution in [0.25, 0.3) is 0 Å². The predicted molar refractivity (Wildman–Crippen MR) is 63.6 cm³/mol. The van der Waals surface area contributed by atoms with E-state index in [1.807, 2.05) is 11.9 Å². The second kappa shape index (κ2) is 5.80. The molecule has 0 aliphatic carbocycles. The Balaban J connectivity index is 1.86. The molecule has 2 aliphatic rings. The Kier molecular flexibility index (Phi) is 4.36. The van der Waals surface area contributed by atoms with Crippen LogP contribution in [0.1, 0.15) is 25.7 Å². The second-order valence-electron chi connectivity index (χ2n) is 4.85. The fraction of sp³-hybridized carbons (Fsp3) is 0.917. The minimum Gasteiger partial charge on any atom is -0.381 e. The molecule has 0 aromatic heterocycles. The average molecular weight is 242 g/mol. The van der Waals surface area contributed by atoms with Crippen molar-refractivity contribution in [2.24, 2.45) is 5.73 Å². The molecule has 17 heavy (non-hydrogen) atoms. The highest BCUT2D eigenvalue weighted by molar-refractivity contribution is 5.81. The van der Waals surface area contributed by atoms with Crippen LogP contribution in [-0.2, 0) is 14.3 Å². The minimum absolute atomic E-state index is 0.0621. The van der Waals surface area contributed by atoms with Crippen molar-refractivity contribution in [3.05, 3.63) is 0 Å². The zero-order chi connectivity index (χ0) is 12.3. The number of carbonyl (C=O) groups is 1. The van der Waals surface area contributed by atoms with Crippen LogP contribution in [-0.4, -0.2) is 55.9 Å². The topological polar surface area (TPSA) is 64.8 Å². The van der Waals surface area contributed by atoms with Gasteiger partial charge in [0.25, 0.3) is 5.91 Å². The van der Waals surface area contributed by atoms with Gasteiger partial charge in [-0.3, -0.25) is 4.79 Å². The molecule has 2 heterocycles. The van der Waals surface area contributed by atoms with E-state index in [4.69, 9.17) is 15.2 Å². The Bertz CT molecular complexity index is 266. The highest BCUT2D eigenvalue weighted by atomic mass is 16.5. The number of hydrogen-bond donors (Lipinski definition) is 1. The van der Waals surface area contributed by atoms with Gasteiger partial charge in [-0.05, 0) is 25.7 Å². The summed E-state index contributed by atoms with van der Waals surface area (Å²) in [7, 11) is 1.87. The molecule has 1 amide bonds. The van der Waals surface area contributed by atoms with E-state index in [0.29, 0.717) is 12.6 Å². The lowest BCUT2D eigenvalue weighted by Crippen LogP contribution is -2.45. The van der Waals surface area contributed by atoms with Crippen molar-refractivity contribution in [1.82, 2.24) is 4.90 Å². The maximum absolute atomic E-state index is 12.2. The molecule has 2 saturated heterocycles. The van der Waals surface area contributed by atoms with Crippen molar-refractivity contribution < 1.29 is 14.3 Å². The number of rotatable bonds is 3. The van der Waals surface area contributed by atoms with Gasteiger partial charge in [-0.1, -0.05) is 0 Å². The van der Waals surface area contributed by atoms with Crippen molar-refractivity contribution in [3.8, 4) is 0 Å². The van der Waals surface area contributed by atoms with Gasteiger partial charge in [0.05, 0.1) is 6.10 Å². The summed E-state index contributed by atoms with van der Waals surface area (Å²) >= 11 is 0. The normalized spacial score (nSPS) is 30.5. The highest BCUT2D eigenvalue weighted by Crippen LogP contribution is 2.22. The van der Waals surface area contributed by atoms with Crippen LogP contribution in [0.2, 0.25) is 0 Å². The maximum atomic E-state index is 12.2. The number of ether oxygens (including phenoxy) is 2. The summed E-state index contributed by atoms with van der Waals surface area (Å²) in [6.45, 7) is 2.00. The Hall–Kier alpha value is -0.650. The monoisotopic (exact) mass is 242 g/mol. The third kappa shape index (κ3) is 2.97. The quantitative estimate of drug-likeness (QED) is 0.764. The molecule has 0 aromatic carbocycles. The fourth-order valence-electron chi connectivity index (χ4n) is 2.54. The molecule has 2 aliphatic heterocycles. The Morgan fingerprint density at radius 1 is 1.29 bits per heavy atom.